The molecule has 4 heteroatoms. The zero-order valence-electron chi connectivity index (χ0n) is 12.7. The Morgan fingerprint density at radius 1 is 1.05 bits per heavy atom. The second-order valence-corrected chi connectivity index (χ2v) is 8.24. The Balaban J connectivity index is 1.48. The fourth-order valence-corrected chi connectivity index (χ4v) is 6.29. The van der Waals surface area contributed by atoms with Gasteiger partial charge in [0.2, 0.25) is 11.8 Å². The lowest BCUT2D eigenvalue weighted by molar-refractivity contribution is -0.143. The molecule has 5 fully saturated rings. The Labute approximate surface area is 126 Å². The Morgan fingerprint density at radius 3 is 2.14 bits per heavy atom. The number of primary amides is 1. The molecule has 0 unspecified atom stereocenters. The lowest BCUT2D eigenvalue weighted by atomic mass is 9.49. The van der Waals surface area contributed by atoms with Gasteiger partial charge in [0.15, 0.2) is 0 Å². The zero-order valence-corrected chi connectivity index (χ0v) is 12.7. The number of carbonyl (C=O) groups excluding carboxylic acids is 2. The number of carbonyl (C=O) groups is 2. The van der Waals surface area contributed by atoms with E-state index >= 15 is 0 Å². The van der Waals surface area contributed by atoms with Crippen molar-refractivity contribution in [3.05, 3.63) is 0 Å². The van der Waals surface area contributed by atoms with Gasteiger partial charge in [-0.1, -0.05) is 0 Å². The minimum atomic E-state index is -0.341. The number of likely N-dealkylation sites (tertiary alicyclic amines) is 1. The van der Waals surface area contributed by atoms with Crippen LogP contribution in [0.2, 0.25) is 0 Å². The number of rotatable bonds is 3. The molecule has 0 aromatic carbocycles. The summed E-state index contributed by atoms with van der Waals surface area (Å²) in [5.41, 5.74) is 5.71. The molecule has 0 radical (unpaired) electrons. The molecule has 1 aliphatic heterocycles. The van der Waals surface area contributed by atoms with Crippen LogP contribution in [-0.4, -0.2) is 29.3 Å². The van der Waals surface area contributed by atoms with Gasteiger partial charge >= 0.3 is 0 Å². The summed E-state index contributed by atoms with van der Waals surface area (Å²) >= 11 is 0. The summed E-state index contributed by atoms with van der Waals surface area (Å²) in [5, 5.41) is 0. The fraction of sp³-hybridized carbons (Fsp3) is 0.882. The maximum Gasteiger partial charge on any atom is 0.240 e. The summed E-state index contributed by atoms with van der Waals surface area (Å²) in [6.07, 6.45) is 10.3. The average Bonchev–Trinajstić information content (AvgIpc) is 2.85. The van der Waals surface area contributed by atoms with E-state index in [2.05, 4.69) is 0 Å². The Hall–Kier alpha value is -1.06. The third kappa shape index (κ3) is 2.27. The summed E-state index contributed by atoms with van der Waals surface area (Å²) in [5.74, 6) is 2.48. The van der Waals surface area contributed by atoms with E-state index < -0.39 is 0 Å². The van der Waals surface area contributed by atoms with Crippen molar-refractivity contribution >= 4 is 11.8 Å². The van der Waals surface area contributed by atoms with Crippen LogP contribution in [0, 0.1) is 23.2 Å². The number of hydrogen-bond donors (Lipinski definition) is 1. The summed E-state index contributed by atoms with van der Waals surface area (Å²) in [4.78, 5) is 26.1. The summed E-state index contributed by atoms with van der Waals surface area (Å²) in [6.45, 7) is 0.721. The normalized spacial score (nSPS) is 44.3. The van der Waals surface area contributed by atoms with Crippen LogP contribution in [0.4, 0.5) is 0 Å². The number of amides is 2. The maximum atomic E-state index is 12.8. The smallest absolute Gasteiger partial charge is 0.240 e. The largest absolute Gasteiger partial charge is 0.368 e. The van der Waals surface area contributed by atoms with Crippen molar-refractivity contribution < 1.29 is 9.59 Å². The third-order valence-electron chi connectivity index (χ3n) is 6.59. The monoisotopic (exact) mass is 290 g/mol. The Bertz CT molecular complexity index is 438. The van der Waals surface area contributed by atoms with Crippen LogP contribution in [-0.2, 0) is 9.59 Å². The van der Waals surface area contributed by atoms with E-state index in [-0.39, 0.29) is 23.3 Å². The van der Waals surface area contributed by atoms with E-state index in [4.69, 9.17) is 5.73 Å². The van der Waals surface area contributed by atoms with E-state index in [0.29, 0.717) is 6.42 Å². The minimum absolute atomic E-state index is 0.193. The number of hydrogen-bond acceptors (Lipinski definition) is 2. The quantitative estimate of drug-likeness (QED) is 0.865. The van der Waals surface area contributed by atoms with Crippen LogP contribution in [0.15, 0.2) is 0 Å². The molecule has 4 aliphatic carbocycles. The molecular formula is C17H26N2O2. The predicted molar refractivity (Wildman–Crippen MR) is 79.2 cm³/mol. The standard InChI is InChI=1S/C17H26N2O2/c18-16(21)14-2-1-3-19(14)15(20)10-17-7-11-4-12(8-17)6-13(5-11)9-17/h11-14H,1-10H2,(H2,18,21)/t11?,12?,13?,14-,17?/m0/s1. The SMILES string of the molecule is NC(=O)[C@@H]1CCCN1C(=O)CC12CC3CC(CC(C3)C1)C2. The minimum Gasteiger partial charge on any atom is -0.368 e. The summed E-state index contributed by atoms with van der Waals surface area (Å²) in [7, 11) is 0. The third-order valence-corrected chi connectivity index (χ3v) is 6.59. The van der Waals surface area contributed by atoms with E-state index in [1.165, 1.54) is 38.5 Å². The van der Waals surface area contributed by atoms with Crippen molar-refractivity contribution in [3.63, 3.8) is 0 Å². The topological polar surface area (TPSA) is 63.4 Å². The first-order valence-corrected chi connectivity index (χ1v) is 8.63. The molecule has 4 nitrogen and oxygen atoms in total. The van der Waals surface area contributed by atoms with Gasteiger partial charge in [0.05, 0.1) is 0 Å². The molecule has 0 aromatic rings. The molecule has 5 rings (SSSR count). The summed E-state index contributed by atoms with van der Waals surface area (Å²) < 4.78 is 0. The van der Waals surface area contributed by atoms with Crippen molar-refractivity contribution in [1.82, 2.24) is 4.90 Å². The molecular weight excluding hydrogens is 264 g/mol. The second-order valence-electron chi connectivity index (χ2n) is 8.24. The highest BCUT2D eigenvalue weighted by Crippen LogP contribution is 2.61. The van der Waals surface area contributed by atoms with Gasteiger partial charge in [-0.05, 0) is 74.5 Å². The van der Waals surface area contributed by atoms with E-state index in [1.807, 2.05) is 0 Å². The van der Waals surface area contributed by atoms with Crippen LogP contribution >= 0.6 is 0 Å². The van der Waals surface area contributed by atoms with Crippen molar-refractivity contribution in [1.29, 1.82) is 0 Å². The molecule has 1 atom stereocenters. The lowest BCUT2D eigenvalue weighted by Gasteiger charge is -2.57. The van der Waals surface area contributed by atoms with E-state index in [9.17, 15) is 9.59 Å². The molecule has 116 valence electrons. The van der Waals surface area contributed by atoms with Gasteiger partial charge in [0, 0.05) is 13.0 Å². The molecule has 1 saturated heterocycles. The lowest BCUT2D eigenvalue weighted by Crippen LogP contribution is -2.50. The van der Waals surface area contributed by atoms with Crippen molar-refractivity contribution in [2.24, 2.45) is 28.9 Å². The maximum absolute atomic E-state index is 12.8. The highest BCUT2D eigenvalue weighted by Gasteiger charge is 2.52. The molecule has 21 heavy (non-hydrogen) atoms. The number of nitrogens with zero attached hydrogens (tertiary/aromatic N) is 1. The molecule has 4 bridgehead atoms. The van der Waals surface area contributed by atoms with Gasteiger partial charge in [-0.15, -0.1) is 0 Å². The predicted octanol–water partition coefficient (Wildman–Crippen LogP) is 2.07. The molecule has 0 spiro atoms. The molecule has 1 heterocycles. The van der Waals surface area contributed by atoms with E-state index in [1.54, 1.807) is 4.90 Å². The molecule has 2 amide bonds. The first kappa shape index (κ1) is 13.6. The van der Waals surface area contributed by atoms with Gasteiger partial charge in [-0.3, -0.25) is 9.59 Å². The van der Waals surface area contributed by atoms with Crippen LogP contribution in [0.25, 0.3) is 0 Å². The zero-order chi connectivity index (χ0) is 14.6. The van der Waals surface area contributed by atoms with Crippen molar-refractivity contribution in [2.75, 3.05) is 6.54 Å². The van der Waals surface area contributed by atoms with Gasteiger partial charge < -0.3 is 10.6 Å². The van der Waals surface area contributed by atoms with E-state index in [0.717, 1.165) is 37.1 Å². The average molecular weight is 290 g/mol. The van der Waals surface area contributed by atoms with Crippen LogP contribution in [0.5, 0.6) is 0 Å². The Morgan fingerprint density at radius 2 is 1.62 bits per heavy atom. The van der Waals surface area contributed by atoms with Crippen LogP contribution in [0.1, 0.15) is 57.8 Å². The van der Waals surface area contributed by atoms with Gasteiger partial charge in [0.1, 0.15) is 6.04 Å². The van der Waals surface area contributed by atoms with Gasteiger partial charge in [-0.2, -0.15) is 0 Å². The fourth-order valence-electron chi connectivity index (χ4n) is 6.29. The van der Waals surface area contributed by atoms with Crippen LogP contribution < -0.4 is 5.73 Å². The first-order valence-electron chi connectivity index (χ1n) is 8.63. The highest BCUT2D eigenvalue weighted by atomic mass is 16.2. The second kappa shape index (κ2) is 4.72. The van der Waals surface area contributed by atoms with Crippen molar-refractivity contribution in [3.8, 4) is 0 Å². The molecule has 4 saturated carbocycles. The van der Waals surface area contributed by atoms with Crippen LogP contribution in [0.3, 0.4) is 0 Å². The Kier molecular flexibility index (Phi) is 3.05. The highest BCUT2D eigenvalue weighted by molar-refractivity contribution is 5.87. The number of nitrogens with two attached hydrogens (primary N) is 1. The molecule has 0 aromatic heterocycles. The first-order chi connectivity index (χ1) is 10.0. The van der Waals surface area contributed by atoms with Crippen molar-refractivity contribution in [2.45, 2.75) is 63.8 Å². The van der Waals surface area contributed by atoms with Gasteiger partial charge in [0.25, 0.3) is 0 Å². The van der Waals surface area contributed by atoms with Gasteiger partial charge in [-0.25, -0.2) is 0 Å². The summed E-state index contributed by atoms with van der Waals surface area (Å²) in [6, 6.07) is -0.341. The molecule has 2 N–H and O–H groups in total. The molecule has 5 aliphatic rings.